The quantitative estimate of drug-likeness (QED) is 0.337. The highest BCUT2D eigenvalue weighted by molar-refractivity contribution is 6.32. The fourth-order valence-electron chi connectivity index (χ4n) is 4.03. The third kappa shape index (κ3) is 5.67. The summed E-state index contributed by atoms with van der Waals surface area (Å²) >= 11 is 6.64. The number of carbonyl (C=O) groups is 1. The van der Waals surface area contributed by atoms with Crippen LogP contribution in [0.3, 0.4) is 0 Å². The fourth-order valence-corrected chi connectivity index (χ4v) is 4.23. The number of carbonyl (C=O) groups excluding carboxylic acids is 1. The van der Waals surface area contributed by atoms with Crippen molar-refractivity contribution in [3.63, 3.8) is 0 Å². The lowest BCUT2D eigenvalue weighted by Gasteiger charge is -2.32. The molecule has 0 fully saturated rings. The molecule has 0 bridgehead atoms. The van der Waals surface area contributed by atoms with Crippen molar-refractivity contribution in [1.82, 2.24) is 19.7 Å². The molecule has 0 unspecified atom stereocenters. The van der Waals surface area contributed by atoms with Gasteiger partial charge in [-0.3, -0.25) is 9.59 Å². The zero-order chi connectivity index (χ0) is 26.9. The maximum absolute atomic E-state index is 13.8. The smallest absolute Gasteiger partial charge is 0.321 e. The number of nitrogens with one attached hydrogen (secondary N) is 1. The number of fused-ring (bicyclic) bond motifs is 1. The van der Waals surface area contributed by atoms with Crippen molar-refractivity contribution >= 4 is 28.4 Å². The fraction of sp³-hybridized carbons (Fsp3) is 0.296. The molecule has 10 heteroatoms. The molecule has 1 N–H and O–H groups in total. The monoisotopic (exact) mass is 528 g/mol. The summed E-state index contributed by atoms with van der Waals surface area (Å²) in [7, 11) is 1.65. The van der Waals surface area contributed by atoms with Crippen molar-refractivity contribution in [2.75, 3.05) is 0 Å². The van der Waals surface area contributed by atoms with Gasteiger partial charge in [0.15, 0.2) is 0 Å². The maximum Gasteiger partial charge on any atom is 0.321 e. The van der Waals surface area contributed by atoms with Crippen molar-refractivity contribution in [2.24, 2.45) is 13.0 Å². The Morgan fingerprint density at radius 2 is 1.84 bits per heavy atom. The van der Waals surface area contributed by atoms with E-state index in [1.807, 2.05) is 19.9 Å². The Morgan fingerprint density at radius 3 is 2.46 bits per heavy atom. The van der Waals surface area contributed by atoms with E-state index in [4.69, 9.17) is 16.3 Å². The predicted octanol–water partition coefficient (Wildman–Crippen LogP) is 5.29. The highest BCUT2D eigenvalue weighted by atomic mass is 35.5. The van der Waals surface area contributed by atoms with Crippen LogP contribution in [0.1, 0.15) is 32.4 Å². The largest absolute Gasteiger partial charge is 0.482 e. The lowest BCUT2D eigenvalue weighted by molar-refractivity contribution is -0.145. The molecular weight excluding hydrogens is 502 g/mol. The minimum Gasteiger partial charge on any atom is -0.482 e. The van der Waals surface area contributed by atoms with Gasteiger partial charge in [0.25, 0.3) is 5.91 Å². The Kier molecular flexibility index (Phi) is 7.36. The van der Waals surface area contributed by atoms with Crippen LogP contribution in [0.2, 0.25) is 5.02 Å². The molecule has 2 aromatic heterocycles. The molecular formula is C27H27ClF2N4O3. The Balaban J connectivity index is 1.74. The van der Waals surface area contributed by atoms with Gasteiger partial charge in [-0.1, -0.05) is 55.8 Å². The van der Waals surface area contributed by atoms with E-state index in [1.54, 1.807) is 66.6 Å². The van der Waals surface area contributed by atoms with Gasteiger partial charge in [-0.2, -0.15) is 13.9 Å². The van der Waals surface area contributed by atoms with Crippen molar-refractivity contribution in [3.8, 4) is 11.4 Å². The van der Waals surface area contributed by atoms with E-state index in [0.717, 1.165) is 0 Å². The second-order valence-corrected chi connectivity index (χ2v) is 9.72. The topological polar surface area (TPSA) is 78.2 Å². The first-order valence-corrected chi connectivity index (χ1v) is 12.1. The molecule has 0 aliphatic rings. The normalized spacial score (nSPS) is 13.5. The summed E-state index contributed by atoms with van der Waals surface area (Å²) < 4.78 is 37.0. The van der Waals surface area contributed by atoms with E-state index >= 15 is 0 Å². The van der Waals surface area contributed by atoms with E-state index in [1.165, 1.54) is 10.6 Å². The number of ether oxygens (including phenoxy) is 1. The number of nitrogens with zero attached hydrogens (tertiary/aromatic N) is 3. The molecule has 1 amide bonds. The number of pyridine rings is 1. The standard InChI is InChI=1S/C27H27ClF2N4O3/c1-16(2)24(32-26(36)27(3,29)30)25(17-8-6-5-7-9-17)37-22-12-18-14-31-34(21(18)13-20(22)28)19-10-11-23(35)33(4)15-19/h5-16,24-25H,1-4H3,(H,32,36)/t24-,25+/m0/s1. The van der Waals surface area contributed by atoms with Gasteiger partial charge in [-0.15, -0.1) is 0 Å². The van der Waals surface area contributed by atoms with Crippen LogP contribution in [0.25, 0.3) is 16.6 Å². The van der Waals surface area contributed by atoms with Gasteiger partial charge in [-0.05, 0) is 29.7 Å². The van der Waals surface area contributed by atoms with Crippen molar-refractivity contribution in [3.05, 3.63) is 87.9 Å². The molecule has 7 nitrogen and oxygen atoms in total. The van der Waals surface area contributed by atoms with Gasteiger partial charge >= 0.3 is 5.92 Å². The first-order valence-electron chi connectivity index (χ1n) is 11.7. The van der Waals surface area contributed by atoms with Gasteiger partial charge in [0, 0.05) is 31.6 Å². The van der Waals surface area contributed by atoms with Crippen LogP contribution in [-0.2, 0) is 11.8 Å². The summed E-state index contributed by atoms with van der Waals surface area (Å²) in [6.45, 7) is 4.20. The van der Waals surface area contributed by atoms with E-state index in [9.17, 15) is 18.4 Å². The third-order valence-electron chi connectivity index (χ3n) is 6.06. The van der Waals surface area contributed by atoms with Crippen LogP contribution in [0.15, 0.2) is 71.8 Å². The maximum atomic E-state index is 13.8. The molecule has 194 valence electrons. The van der Waals surface area contributed by atoms with Crippen LogP contribution < -0.4 is 15.6 Å². The molecule has 0 aliphatic carbocycles. The van der Waals surface area contributed by atoms with Gasteiger partial charge in [-0.25, -0.2) is 4.68 Å². The van der Waals surface area contributed by atoms with E-state index < -0.39 is 24.0 Å². The summed E-state index contributed by atoms with van der Waals surface area (Å²) in [6.07, 6.45) is 2.50. The highest BCUT2D eigenvalue weighted by Crippen LogP contribution is 2.36. The first kappa shape index (κ1) is 26.3. The zero-order valence-corrected chi connectivity index (χ0v) is 21.5. The molecule has 4 aromatic rings. The highest BCUT2D eigenvalue weighted by Gasteiger charge is 2.38. The number of benzene rings is 2. The second-order valence-electron chi connectivity index (χ2n) is 9.32. The van der Waals surface area contributed by atoms with Crippen LogP contribution in [0.5, 0.6) is 5.75 Å². The van der Waals surface area contributed by atoms with E-state index in [-0.39, 0.29) is 16.5 Å². The average Bonchev–Trinajstić information content (AvgIpc) is 3.25. The number of aromatic nitrogens is 3. The average molecular weight is 529 g/mol. The minimum atomic E-state index is -3.54. The Morgan fingerprint density at radius 1 is 1.14 bits per heavy atom. The Bertz CT molecular complexity index is 1480. The van der Waals surface area contributed by atoms with Gasteiger partial charge in [0.05, 0.1) is 28.5 Å². The van der Waals surface area contributed by atoms with Crippen LogP contribution in [-0.4, -0.2) is 32.2 Å². The van der Waals surface area contributed by atoms with Crippen LogP contribution in [0.4, 0.5) is 8.78 Å². The third-order valence-corrected chi connectivity index (χ3v) is 6.35. The summed E-state index contributed by atoms with van der Waals surface area (Å²) in [5.74, 6) is -4.85. The van der Waals surface area contributed by atoms with Crippen LogP contribution >= 0.6 is 11.6 Å². The SMILES string of the molecule is CC(C)[C@H](NC(=O)C(C)(F)F)[C@H](Oc1cc2cnn(-c3ccc(=O)n(C)c3)c2cc1Cl)c1ccccc1. The molecule has 2 aromatic carbocycles. The molecule has 2 atom stereocenters. The molecule has 0 saturated carbocycles. The van der Waals surface area contributed by atoms with E-state index in [0.29, 0.717) is 34.8 Å². The lowest BCUT2D eigenvalue weighted by atomic mass is 9.92. The second kappa shape index (κ2) is 10.3. The Labute approximate surface area is 217 Å². The molecule has 37 heavy (non-hydrogen) atoms. The zero-order valence-electron chi connectivity index (χ0n) is 20.8. The number of aryl methyl sites for hydroxylation is 1. The molecule has 4 rings (SSSR count). The molecule has 0 spiro atoms. The summed E-state index contributed by atoms with van der Waals surface area (Å²) in [4.78, 5) is 24.0. The number of amides is 1. The molecule has 0 aliphatic heterocycles. The van der Waals surface area contributed by atoms with E-state index in [2.05, 4.69) is 10.4 Å². The van der Waals surface area contributed by atoms with Gasteiger partial charge in [0.1, 0.15) is 11.9 Å². The molecule has 0 radical (unpaired) electrons. The van der Waals surface area contributed by atoms with Crippen molar-refractivity contribution in [2.45, 2.75) is 38.8 Å². The lowest BCUT2D eigenvalue weighted by Crippen LogP contribution is -2.49. The Hall–Kier alpha value is -3.72. The predicted molar refractivity (Wildman–Crippen MR) is 139 cm³/mol. The van der Waals surface area contributed by atoms with Gasteiger partial charge in [0.2, 0.25) is 5.56 Å². The summed E-state index contributed by atoms with van der Waals surface area (Å²) in [5, 5.41) is 7.88. The number of halogens is 3. The molecule has 2 heterocycles. The number of hydrogen-bond donors (Lipinski definition) is 1. The number of hydrogen-bond acceptors (Lipinski definition) is 4. The summed E-state index contributed by atoms with van der Waals surface area (Å²) in [5.41, 5.74) is 1.91. The number of alkyl halides is 2. The summed E-state index contributed by atoms with van der Waals surface area (Å²) in [6, 6.07) is 14.8. The minimum absolute atomic E-state index is 0.145. The molecule has 0 saturated heterocycles. The van der Waals surface area contributed by atoms with Crippen molar-refractivity contribution in [1.29, 1.82) is 0 Å². The number of rotatable bonds is 8. The van der Waals surface area contributed by atoms with Crippen LogP contribution in [0, 0.1) is 5.92 Å². The van der Waals surface area contributed by atoms with Gasteiger partial charge < -0.3 is 14.6 Å². The van der Waals surface area contributed by atoms with Crippen molar-refractivity contribution < 1.29 is 18.3 Å². The first-order chi connectivity index (χ1) is 17.5.